The van der Waals surface area contributed by atoms with Crippen LogP contribution >= 0.6 is 0 Å². The minimum atomic E-state index is -4.21. The number of nitrogens with two attached hydrogens (primary N) is 1. The van der Waals surface area contributed by atoms with E-state index in [0.717, 1.165) is 6.20 Å². The Morgan fingerprint density at radius 1 is 1.30 bits per heavy atom. The molecule has 7 heteroatoms. The first-order valence-electron chi connectivity index (χ1n) is 6.48. The van der Waals surface area contributed by atoms with Crippen molar-refractivity contribution in [2.24, 2.45) is 5.73 Å². The lowest BCUT2D eigenvalue weighted by atomic mass is 10.1. The van der Waals surface area contributed by atoms with Crippen LogP contribution in [0.5, 0.6) is 0 Å². The van der Waals surface area contributed by atoms with Gasteiger partial charge in [0.15, 0.2) is 0 Å². The summed E-state index contributed by atoms with van der Waals surface area (Å²) in [5.74, 6) is -0.467. The number of aromatic nitrogens is 1. The number of halogens is 4. The normalized spacial score (nSPS) is 13.8. The zero-order valence-corrected chi connectivity index (χ0v) is 11.3. The molecule has 0 amide bonds. The number of hydrogen-bond acceptors (Lipinski definition) is 3. The molecule has 0 aliphatic rings. The van der Waals surface area contributed by atoms with Crippen LogP contribution in [0.25, 0.3) is 0 Å². The van der Waals surface area contributed by atoms with Crippen LogP contribution in [-0.2, 0) is 0 Å². The Kier molecular flexibility index (Phi) is 6.35. The summed E-state index contributed by atoms with van der Waals surface area (Å²) in [7, 11) is 0. The summed E-state index contributed by atoms with van der Waals surface area (Å²) in [6, 6.07) is 2.19. The molecule has 1 unspecified atom stereocenters. The van der Waals surface area contributed by atoms with Gasteiger partial charge in [0.2, 0.25) is 0 Å². The molecule has 0 bridgehead atoms. The van der Waals surface area contributed by atoms with E-state index in [4.69, 9.17) is 5.73 Å². The Morgan fingerprint density at radius 2 is 2.00 bits per heavy atom. The van der Waals surface area contributed by atoms with E-state index in [1.165, 1.54) is 17.0 Å². The van der Waals surface area contributed by atoms with Crippen LogP contribution in [0, 0.1) is 5.82 Å². The molecule has 0 radical (unpaired) electrons. The summed E-state index contributed by atoms with van der Waals surface area (Å²) in [5.41, 5.74) is 6.34. The van der Waals surface area contributed by atoms with Crippen LogP contribution < -0.4 is 5.73 Å². The quantitative estimate of drug-likeness (QED) is 0.786. The maximum atomic E-state index is 12.7. The van der Waals surface area contributed by atoms with E-state index in [0.29, 0.717) is 25.1 Å². The van der Waals surface area contributed by atoms with Gasteiger partial charge in [-0.05, 0) is 31.5 Å². The van der Waals surface area contributed by atoms with Gasteiger partial charge in [0.05, 0.1) is 18.4 Å². The molecule has 1 aromatic heterocycles. The largest absolute Gasteiger partial charge is 0.401 e. The summed E-state index contributed by atoms with van der Waals surface area (Å²) < 4.78 is 49.9. The number of hydrogen-bond donors (Lipinski definition) is 1. The molecule has 0 spiro atoms. The Morgan fingerprint density at radius 3 is 2.50 bits per heavy atom. The van der Waals surface area contributed by atoms with Crippen molar-refractivity contribution in [3.63, 3.8) is 0 Å². The van der Waals surface area contributed by atoms with Gasteiger partial charge in [-0.1, -0.05) is 6.92 Å². The highest BCUT2D eigenvalue weighted by molar-refractivity contribution is 5.09. The minimum absolute atomic E-state index is 0.230. The molecular weight excluding hydrogens is 274 g/mol. The fraction of sp³-hybridized carbons (Fsp3) is 0.615. The van der Waals surface area contributed by atoms with Crippen molar-refractivity contribution < 1.29 is 17.6 Å². The first kappa shape index (κ1) is 16.8. The highest BCUT2D eigenvalue weighted by atomic mass is 19.4. The maximum Gasteiger partial charge on any atom is 0.401 e. The highest BCUT2D eigenvalue weighted by Crippen LogP contribution is 2.18. The predicted octanol–water partition coefficient (Wildman–Crippen LogP) is 2.88. The Bertz CT molecular complexity index is 392. The predicted molar refractivity (Wildman–Crippen MR) is 68.5 cm³/mol. The van der Waals surface area contributed by atoms with E-state index in [1.807, 2.05) is 6.92 Å². The lowest BCUT2D eigenvalue weighted by Gasteiger charge is -2.24. The van der Waals surface area contributed by atoms with E-state index in [-0.39, 0.29) is 6.54 Å². The second-order valence-corrected chi connectivity index (χ2v) is 4.69. The van der Waals surface area contributed by atoms with Gasteiger partial charge in [-0.25, -0.2) is 4.39 Å². The molecule has 114 valence electrons. The molecule has 0 aliphatic carbocycles. The molecule has 1 atom stereocenters. The molecule has 1 rings (SSSR count). The van der Waals surface area contributed by atoms with Crippen LogP contribution in [0.2, 0.25) is 0 Å². The molecular formula is C13H19F4N3. The minimum Gasteiger partial charge on any atom is -0.323 e. The van der Waals surface area contributed by atoms with Crippen molar-refractivity contribution in [2.45, 2.75) is 32.0 Å². The van der Waals surface area contributed by atoms with Crippen molar-refractivity contribution in [1.82, 2.24) is 9.88 Å². The van der Waals surface area contributed by atoms with Gasteiger partial charge in [0.25, 0.3) is 0 Å². The van der Waals surface area contributed by atoms with Crippen LogP contribution in [0.15, 0.2) is 18.3 Å². The second-order valence-electron chi connectivity index (χ2n) is 4.69. The Labute approximate surface area is 115 Å². The Hall–Kier alpha value is -1.21. The van der Waals surface area contributed by atoms with Crippen molar-refractivity contribution in [3.05, 3.63) is 29.8 Å². The fourth-order valence-corrected chi connectivity index (χ4v) is 1.92. The summed E-state index contributed by atoms with van der Waals surface area (Å²) in [5, 5.41) is 0. The first-order chi connectivity index (χ1) is 9.31. The highest BCUT2D eigenvalue weighted by Gasteiger charge is 2.30. The average molecular weight is 293 g/mol. The topological polar surface area (TPSA) is 42.1 Å². The smallest absolute Gasteiger partial charge is 0.323 e. The van der Waals surface area contributed by atoms with E-state index in [2.05, 4.69) is 4.98 Å². The summed E-state index contributed by atoms with van der Waals surface area (Å²) in [6.45, 7) is 1.48. The third-order valence-electron chi connectivity index (χ3n) is 2.83. The van der Waals surface area contributed by atoms with Gasteiger partial charge in [-0.15, -0.1) is 0 Å². The average Bonchev–Trinajstić information content (AvgIpc) is 2.35. The Balaban J connectivity index is 2.51. The van der Waals surface area contributed by atoms with E-state index >= 15 is 0 Å². The number of rotatable bonds is 7. The van der Waals surface area contributed by atoms with E-state index < -0.39 is 24.6 Å². The molecule has 0 saturated carbocycles. The second kappa shape index (κ2) is 7.54. The molecule has 3 nitrogen and oxygen atoms in total. The maximum absolute atomic E-state index is 12.7. The van der Waals surface area contributed by atoms with Crippen LogP contribution in [-0.4, -0.2) is 35.7 Å². The molecule has 0 saturated heterocycles. The summed E-state index contributed by atoms with van der Waals surface area (Å²) in [4.78, 5) is 5.16. The standard InChI is InChI=1S/C13H19F4N3/c1-2-6-20(9-13(15,16)17)7-5-11(18)12-4-3-10(14)8-19-12/h3-4,8,11H,2,5-7,9,18H2,1H3. The number of nitrogens with zero attached hydrogens (tertiary/aromatic N) is 2. The van der Waals surface area contributed by atoms with Gasteiger partial charge >= 0.3 is 6.18 Å². The molecule has 0 fully saturated rings. The number of alkyl halides is 3. The SMILES string of the molecule is CCCN(CCC(N)c1ccc(F)cn1)CC(F)(F)F. The fourth-order valence-electron chi connectivity index (χ4n) is 1.92. The van der Waals surface area contributed by atoms with E-state index in [1.54, 1.807) is 0 Å². The first-order valence-corrected chi connectivity index (χ1v) is 6.48. The molecule has 20 heavy (non-hydrogen) atoms. The van der Waals surface area contributed by atoms with Crippen LogP contribution in [0.4, 0.5) is 17.6 Å². The van der Waals surface area contributed by atoms with Gasteiger partial charge in [0, 0.05) is 12.6 Å². The number of pyridine rings is 1. The molecule has 1 heterocycles. The third-order valence-corrected chi connectivity index (χ3v) is 2.83. The molecule has 1 aromatic rings. The summed E-state index contributed by atoms with van der Waals surface area (Å²) >= 11 is 0. The zero-order valence-electron chi connectivity index (χ0n) is 11.3. The monoisotopic (exact) mass is 293 g/mol. The molecule has 2 N–H and O–H groups in total. The molecule has 0 aliphatic heterocycles. The summed E-state index contributed by atoms with van der Waals surface area (Å²) in [6.07, 6.45) is -2.18. The van der Waals surface area contributed by atoms with Crippen LogP contribution in [0.3, 0.4) is 0 Å². The van der Waals surface area contributed by atoms with Gasteiger partial charge < -0.3 is 5.73 Å². The van der Waals surface area contributed by atoms with Gasteiger partial charge in [-0.3, -0.25) is 9.88 Å². The van der Waals surface area contributed by atoms with Crippen molar-refractivity contribution in [2.75, 3.05) is 19.6 Å². The van der Waals surface area contributed by atoms with Crippen molar-refractivity contribution in [3.8, 4) is 0 Å². The third kappa shape index (κ3) is 6.29. The van der Waals surface area contributed by atoms with Crippen LogP contribution in [0.1, 0.15) is 31.5 Å². The van der Waals surface area contributed by atoms with Gasteiger partial charge in [-0.2, -0.15) is 13.2 Å². The molecule has 0 aromatic carbocycles. The van der Waals surface area contributed by atoms with Gasteiger partial charge in [0.1, 0.15) is 5.82 Å². The van der Waals surface area contributed by atoms with Crippen molar-refractivity contribution in [1.29, 1.82) is 0 Å². The van der Waals surface area contributed by atoms with Crippen molar-refractivity contribution >= 4 is 0 Å². The lowest BCUT2D eigenvalue weighted by Crippen LogP contribution is -2.36. The zero-order chi connectivity index (χ0) is 15.2. The lowest BCUT2D eigenvalue weighted by molar-refractivity contribution is -0.146. The van der Waals surface area contributed by atoms with E-state index in [9.17, 15) is 17.6 Å².